The average molecular weight is 623 g/mol. The molecule has 0 spiro atoms. The van der Waals surface area contributed by atoms with Crippen LogP contribution in [0.4, 0.5) is 17.1 Å². The molecule has 5 heterocycles. The largest absolute Gasteiger partial charge is 0.422 e. The topological polar surface area (TPSA) is 143 Å². The fourth-order valence-corrected chi connectivity index (χ4v) is 7.07. The van der Waals surface area contributed by atoms with Crippen molar-refractivity contribution in [3.8, 4) is 16.9 Å². The lowest BCUT2D eigenvalue weighted by molar-refractivity contribution is 0.0235. The van der Waals surface area contributed by atoms with E-state index in [-0.39, 0.29) is 32.3 Å². The first-order chi connectivity index (χ1) is 21.4. The van der Waals surface area contributed by atoms with Crippen LogP contribution in [0.5, 0.6) is 5.75 Å². The van der Waals surface area contributed by atoms with Gasteiger partial charge in [0.2, 0.25) is 0 Å². The van der Waals surface area contributed by atoms with E-state index in [9.17, 15) is 19.2 Å². The predicted octanol–water partition coefficient (Wildman–Crippen LogP) is 4.86. The zero-order chi connectivity index (χ0) is 31.9. The third kappa shape index (κ3) is 4.26. The Morgan fingerprint density at radius 2 is 1.31 bits per heavy atom. The van der Waals surface area contributed by atoms with Crippen molar-refractivity contribution in [3.63, 3.8) is 0 Å². The van der Waals surface area contributed by atoms with Crippen molar-refractivity contribution in [1.29, 1.82) is 0 Å². The minimum absolute atomic E-state index is 0.0554. The van der Waals surface area contributed by atoms with Gasteiger partial charge in [-0.05, 0) is 49.7 Å². The maximum absolute atomic E-state index is 14.0. The second-order valence-corrected chi connectivity index (χ2v) is 12.2. The van der Waals surface area contributed by atoms with Gasteiger partial charge < -0.3 is 24.7 Å². The van der Waals surface area contributed by atoms with E-state index in [2.05, 4.69) is 20.8 Å². The minimum atomic E-state index is -0.979. The van der Waals surface area contributed by atoms with Gasteiger partial charge in [0.25, 0.3) is 11.8 Å². The van der Waals surface area contributed by atoms with E-state index in [0.717, 1.165) is 11.3 Å². The first kappa shape index (κ1) is 28.2. The Balaban J connectivity index is 1.49. The zero-order valence-corrected chi connectivity index (χ0v) is 25.9. The van der Waals surface area contributed by atoms with Crippen molar-refractivity contribution in [3.05, 3.63) is 68.7 Å². The lowest BCUT2D eigenvalue weighted by Crippen LogP contribution is -2.30. The number of pyridine rings is 2. The number of aryl methyl sites for hydroxylation is 2. The number of rotatable bonds is 2. The minimum Gasteiger partial charge on any atom is -0.422 e. The van der Waals surface area contributed by atoms with Gasteiger partial charge >= 0.3 is 11.9 Å². The van der Waals surface area contributed by atoms with Crippen LogP contribution >= 0.6 is 11.3 Å². The predicted molar refractivity (Wildman–Crippen MR) is 171 cm³/mol. The molecule has 2 amide bonds. The van der Waals surface area contributed by atoms with E-state index in [4.69, 9.17) is 9.57 Å². The number of hydrogen-bond acceptors (Lipinski definition) is 11. The zero-order valence-electron chi connectivity index (χ0n) is 25.1. The van der Waals surface area contributed by atoms with Gasteiger partial charge in [0.1, 0.15) is 15.5 Å². The van der Waals surface area contributed by atoms with Gasteiger partial charge in [0.15, 0.2) is 0 Å². The number of esters is 1. The number of benzene rings is 2. The Morgan fingerprint density at radius 1 is 0.711 bits per heavy atom. The number of anilines is 3. The molecule has 7 rings (SSSR count). The maximum Gasteiger partial charge on any atom is 0.375 e. The van der Waals surface area contributed by atoms with Gasteiger partial charge in [-0.3, -0.25) is 19.6 Å². The highest BCUT2D eigenvalue weighted by Gasteiger charge is 2.34. The van der Waals surface area contributed by atoms with Crippen LogP contribution in [-0.4, -0.2) is 61.9 Å². The van der Waals surface area contributed by atoms with Crippen molar-refractivity contribution in [2.45, 2.75) is 13.8 Å². The number of fused-ring (bicyclic) bond motifs is 10. The summed E-state index contributed by atoms with van der Waals surface area (Å²) in [4.78, 5) is 73.2. The van der Waals surface area contributed by atoms with E-state index in [1.165, 1.54) is 0 Å². The normalized spacial score (nSPS) is 14.0. The summed E-state index contributed by atoms with van der Waals surface area (Å²) in [5, 5.41) is 4.11. The average Bonchev–Trinajstić information content (AvgIpc) is 3.36. The fraction of sp³-hybridized carbons (Fsp3) is 0.188. The molecule has 2 N–H and O–H groups in total. The molecule has 0 unspecified atom stereocenters. The van der Waals surface area contributed by atoms with Crippen molar-refractivity contribution < 1.29 is 28.8 Å². The molecule has 0 atom stereocenters. The first-order valence-electron chi connectivity index (χ1n) is 13.9. The van der Waals surface area contributed by atoms with E-state index >= 15 is 0 Å². The molecule has 3 aromatic heterocycles. The van der Waals surface area contributed by atoms with Gasteiger partial charge in [-0.2, -0.15) is 5.48 Å². The van der Waals surface area contributed by atoms with Crippen molar-refractivity contribution >= 4 is 74.0 Å². The van der Waals surface area contributed by atoms with E-state index in [0.29, 0.717) is 55.7 Å². The Morgan fingerprint density at radius 3 is 1.96 bits per heavy atom. The monoisotopic (exact) mass is 622 g/mol. The molecule has 226 valence electrons. The summed E-state index contributed by atoms with van der Waals surface area (Å²) in [7, 11) is 7.19. The standard InChI is InChI=1S/C32H26N6O6S/c1-13-21-25(37(3)4)17-11-15(7-9-19(17)33-13)23-24(35-29(21)39)28-32(42)44-36-30(40)22-14(2)34-20-10-8-16(43-31(41)27(23)45-28)12-18(20)26(22)38(5)6/h7-12H,1-6H3,(H,35,39)(H,36,40). The summed E-state index contributed by atoms with van der Waals surface area (Å²) < 4.78 is 5.91. The molecule has 13 heteroatoms. The van der Waals surface area contributed by atoms with Crippen LogP contribution < -0.4 is 25.3 Å². The van der Waals surface area contributed by atoms with Crippen LogP contribution in [0.3, 0.4) is 0 Å². The molecule has 0 radical (unpaired) electrons. The SMILES string of the molecule is Cc1nc2ccc3cc2c(N(C)C)c1C(=O)NOC(=O)c1sc(c2c1NC(=O)c1c(C)nc4ccc-2cc4c1N(C)C)C(=O)O3. The van der Waals surface area contributed by atoms with Crippen LogP contribution in [-0.2, 0) is 4.84 Å². The number of thiophene rings is 1. The molecule has 5 aromatic rings. The second kappa shape index (κ2) is 9.99. The van der Waals surface area contributed by atoms with E-state index in [1.54, 1.807) is 63.2 Å². The molecule has 12 nitrogen and oxygen atoms in total. The lowest BCUT2D eigenvalue weighted by atomic mass is 10.00. The quantitative estimate of drug-likeness (QED) is 0.207. The summed E-state index contributed by atoms with van der Waals surface area (Å²) in [6.45, 7) is 3.42. The number of nitrogens with zero attached hydrogens (tertiary/aromatic N) is 4. The molecule has 0 aliphatic carbocycles. The molecule has 0 saturated carbocycles. The molecule has 2 aromatic carbocycles. The molecule has 2 aliphatic heterocycles. The van der Waals surface area contributed by atoms with Gasteiger partial charge in [-0.15, -0.1) is 11.3 Å². The highest BCUT2D eigenvalue weighted by Crippen LogP contribution is 2.46. The fourth-order valence-electron chi connectivity index (χ4n) is 6.04. The molecule has 0 fully saturated rings. The summed E-state index contributed by atoms with van der Waals surface area (Å²) in [5.41, 5.74) is 6.92. The number of ether oxygens (including phenoxy) is 1. The number of hydroxylamine groups is 1. The van der Waals surface area contributed by atoms with Crippen LogP contribution in [0.2, 0.25) is 0 Å². The summed E-state index contributed by atoms with van der Waals surface area (Å²) >= 11 is 0.802. The van der Waals surface area contributed by atoms with Crippen LogP contribution in [0.15, 0.2) is 36.4 Å². The Labute approximate surface area is 260 Å². The number of hydrogen-bond donors (Lipinski definition) is 2. The second-order valence-electron chi connectivity index (χ2n) is 11.2. The molecule has 8 bridgehead atoms. The Bertz CT molecular complexity index is 2190. The van der Waals surface area contributed by atoms with Crippen LogP contribution in [0.25, 0.3) is 32.9 Å². The summed E-state index contributed by atoms with van der Waals surface area (Å²) in [5.74, 6) is -2.74. The van der Waals surface area contributed by atoms with Crippen molar-refractivity contribution in [1.82, 2.24) is 15.4 Å². The van der Waals surface area contributed by atoms with Gasteiger partial charge in [-0.25, -0.2) is 9.59 Å². The van der Waals surface area contributed by atoms with Gasteiger partial charge in [0.05, 0.1) is 50.6 Å². The smallest absolute Gasteiger partial charge is 0.375 e. The van der Waals surface area contributed by atoms with Crippen molar-refractivity contribution in [2.75, 3.05) is 43.3 Å². The molecular weight excluding hydrogens is 596 g/mol. The molecular formula is C32H26N6O6S. The highest BCUT2D eigenvalue weighted by atomic mass is 32.1. The Kier molecular flexibility index (Phi) is 6.27. The third-order valence-corrected chi connectivity index (χ3v) is 9.00. The number of amides is 2. The third-order valence-electron chi connectivity index (χ3n) is 7.85. The van der Waals surface area contributed by atoms with Crippen LogP contribution in [0, 0.1) is 13.8 Å². The number of nitrogens with one attached hydrogen (secondary N) is 2. The molecule has 2 aliphatic rings. The number of carbonyl (C=O) groups is 4. The lowest BCUT2D eigenvalue weighted by Gasteiger charge is -2.21. The Hall–Kier alpha value is -5.56. The van der Waals surface area contributed by atoms with Crippen LogP contribution in [0.1, 0.15) is 51.4 Å². The number of carbonyl (C=O) groups excluding carboxylic acids is 4. The van der Waals surface area contributed by atoms with Crippen molar-refractivity contribution in [2.24, 2.45) is 0 Å². The molecule has 0 saturated heterocycles. The highest BCUT2D eigenvalue weighted by molar-refractivity contribution is 7.17. The molecule has 45 heavy (non-hydrogen) atoms. The number of aromatic nitrogens is 2. The van der Waals surface area contributed by atoms with E-state index < -0.39 is 23.8 Å². The van der Waals surface area contributed by atoms with Gasteiger partial charge in [0, 0.05) is 44.5 Å². The first-order valence-corrected chi connectivity index (χ1v) is 14.7. The van der Waals surface area contributed by atoms with Gasteiger partial charge in [-0.1, -0.05) is 6.07 Å². The summed E-state index contributed by atoms with van der Waals surface area (Å²) in [6, 6.07) is 10.4. The summed E-state index contributed by atoms with van der Waals surface area (Å²) in [6.07, 6.45) is 0. The van der Waals surface area contributed by atoms with E-state index in [1.807, 2.05) is 25.1 Å². The maximum atomic E-state index is 14.0.